The molecule has 1 atom stereocenters. The molecule has 1 rings (SSSR count). The maximum absolute atomic E-state index is 12.3. The van der Waals surface area contributed by atoms with Crippen LogP contribution in [0.4, 0.5) is 0 Å². The summed E-state index contributed by atoms with van der Waals surface area (Å²) in [6, 6.07) is 6.44. The number of carboxylic acids is 4. The van der Waals surface area contributed by atoms with Crippen LogP contribution in [0.25, 0.3) is 0 Å². The second-order valence-corrected chi connectivity index (χ2v) is 10.0. The third kappa shape index (κ3) is 14.6. The normalized spacial score (nSPS) is 11.8. The molecule has 0 aromatic heterocycles. The van der Waals surface area contributed by atoms with E-state index >= 15 is 0 Å². The molecule has 1 aromatic rings. The molecule has 0 heterocycles. The van der Waals surface area contributed by atoms with Gasteiger partial charge in [0.1, 0.15) is 5.41 Å². The molecule has 0 spiro atoms. The zero-order chi connectivity index (χ0) is 35.1. The lowest BCUT2D eigenvalue weighted by atomic mass is 9.64. The maximum Gasteiger partial charge on any atom is 0.338 e. The first-order chi connectivity index (χ1) is 21.2. The second-order valence-electron chi connectivity index (χ2n) is 10.0. The van der Waals surface area contributed by atoms with Gasteiger partial charge < -0.3 is 34.6 Å². The number of hydrogen-bond donors (Lipinski definition) is 4. The molecule has 0 saturated heterocycles. The SMILES string of the molecule is CC(=O)O.CCCCOC(CC(=O)O)(C(=O)O)C(CCCC)(CCCC)C(=O)O.CCOC(=O)c1ccccc1C(=O)OCC. The van der Waals surface area contributed by atoms with Gasteiger partial charge in [-0.2, -0.15) is 0 Å². The summed E-state index contributed by atoms with van der Waals surface area (Å²) in [5.74, 6) is -6.04. The molecule has 0 aliphatic heterocycles. The van der Waals surface area contributed by atoms with E-state index in [1.54, 1.807) is 38.1 Å². The lowest BCUT2D eigenvalue weighted by molar-refractivity contribution is -0.208. The number of benzene rings is 1. The molecule has 1 aromatic carbocycles. The van der Waals surface area contributed by atoms with Crippen molar-refractivity contribution in [2.45, 2.75) is 105 Å². The van der Waals surface area contributed by atoms with Gasteiger partial charge >= 0.3 is 29.8 Å². The van der Waals surface area contributed by atoms with E-state index in [0.717, 1.165) is 13.3 Å². The average molecular weight is 643 g/mol. The highest BCUT2D eigenvalue weighted by atomic mass is 16.5. The van der Waals surface area contributed by atoms with Crippen molar-refractivity contribution < 1.29 is 63.4 Å². The third-order valence-electron chi connectivity index (χ3n) is 6.61. The van der Waals surface area contributed by atoms with Crippen LogP contribution in [-0.2, 0) is 33.4 Å². The molecular formula is C32H50O13. The van der Waals surface area contributed by atoms with Crippen molar-refractivity contribution >= 4 is 35.8 Å². The summed E-state index contributed by atoms with van der Waals surface area (Å²) in [5.41, 5.74) is -3.56. The summed E-state index contributed by atoms with van der Waals surface area (Å²) in [6.45, 7) is 10.7. The van der Waals surface area contributed by atoms with E-state index in [-0.39, 0.29) is 43.8 Å². The van der Waals surface area contributed by atoms with E-state index in [2.05, 4.69) is 0 Å². The van der Waals surface area contributed by atoms with Crippen LogP contribution in [0.15, 0.2) is 24.3 Å². The Morgan fingerprint density at radius 1 is 0.667 bits per heavy atom. The van der Waals surface area contributed by atoms with Gasteiger partial charge in [0, 0.05) is 13.5 Å². The number of carbonyl (C=O) groups excluding carboxylic acids is 2. The molecule has 0 aliphatic rings. The van der Waals surface area contributed by atoms with Crippen molar-refractivity contribution in [3.8, 4) is 0 Å². The fraction of sp³-hybridized carbons (Fsp3) is 0.625. The van der Waals surface area contributed by atoms with E-state index < -0.39 is 53.3 Å². The fourth-order valence-corrected chi connectivity index (χ4v) is 4.43. The van der Waals surface area contributed by atoms with Crippen LogP contribution in [0, 0.1) is 5.41 Å². The number of carbonyl (C=O) groups is 6. The fourth-order valence-electron chi connectivity index (χ4n) is 4.43. The van der Waals surface area contributed by atoms with Crippen LogP contribution in [-0.4, -0.2) is 81.7 Å². The molecular weight excluding hydrogens is 592 g/mol. The van der Waals surface area contributed by atoms with Crippen molar-refractivity contribution in [1.82, 2.24) is 0 Å². The Kier molecular flexibility index (Phi) is 22.4. The highest BCUT2D eigenvalue weighted by Gasteiger charge is 2.63. The third-order valence-corrected chi connectivity index (χ3v) is 6.61. The average Bonchev–Trinajstić information content (AvgIpc) is 2.97. The lowest BCUT2D eigenvalue weighted by Gasteiger charge is -2.44. The molecule has 0 bridgehead atoms. The number of esters is 2. The summed E-state index contributed by atoms with van der Waals surface area (Å²) in [7, 11) is 0. The summed E-state index contributed by atoms with van der Waals surface area (Å²) in [6.07, 6.45) is 2.88. The Hall–Kier alpha value is -4.00. The highest BCUT2D eigenvalue weighted by Crippen LogP contribution is 2.47. The first-order valence-electron chi connectivity index (χ1n) is 15.1. The molecule has 13 heteroatoms. The maximum atomic E-state index is 12.3. The van der Waals surface area contributed by atoms with Gasteiger partial charge in [-0.3, -0.25) is 14.4 Å². The molecule has 0 aliphatic carbocycles. The van der Waals surface area contributed by atoms with Crippen molar-refractivity contribution in [2.24, 2.45) is 5.41 Å². The van der Waals surface area contributed by atoms with Crippen molar-refractivity contribution in [3.63, 3.8) is 0 Å². The van der Waals surface area contributed by atoms with Gasteiger partial charge in [-0.25, -0.2) is 14.4 Å². The van der Waals surface area contributed by atoms with Crippen molar-refractivity contribution in [2.75, 3.05) is 19.8 Å². The van der Waals surface area contributed by atoms with Gasteiger partial charge in [0.15, 0.2) is 5.60 Å². The van der Waals surface area contributed by atoms with Gasteiger partial charge in [-0.15, -0.1) is 0 Å². The molecule has 0 saturated carbocycles. The highest BCUT2D eigenvalue weighted by molar-refractivity contribution is 6.03. The summed E-state index contributed by atoms with van der Waals surface area (Å²) in [4.78, 5) is 68.0. The van der Waals surface area contributed by atoms with Gasteiger partial charge in [-0.1, -0.05) is 65.0 Å². The predicted octanol–water partition coefficient (Wildman–Crippen LogP) is 5.68. The first-order valence-corrected chi connectivity index (χ1v) is 15.1. The Morgan fingerprint density at radius 3 is 1.36 bits per heavy atom. The molecule has 0 fully saturated rings. The number of aliphatic carboxylic acids is 4. The van der Waals surface area contributed by atoms with Gasteiger partial charge in [-0.05, 0) is 45.2 Å². The van der Waals surface area contributed by atoms with E-state index in [0.29, 0.717) is 32.1 Å². The van der Waals surface area contributed by atoms with Crippen molar-refractivity contribution in [3.05, 3.63) is 35.4 Å². The lowest BCUT2D eigenvalue weighted by Crippen LogP contribution is -2.61. The first kappa shape index (κ1) is 43.1. The minimum atomic E-state index is -2.27. The molecule has 45 heavy (non-hydrogen) atoms. The Labute approximate surface area is 264 Å². The number of unbranched alkanes of at least 4 members (excludes halogenated alkanes) is 3. The zero-order valence-corrected chi connectivity index (χ0v) is 27.3. The Bertz CT molecular complexity index is 1030. The minimum absolute atomic E-state index is 0.0172. The molecule has 0 amide bonds. The van der Waals surface area contributed by atoms with E-state index in [1.807, 2.05) is 20.8 Å². The number of hydrogen-bond acceptors (Lipinski definition) is 9. The van der Waals surface area contributed by atoms with Crippen LogP contribution in [0.3, 0.4) is 0 Å². The minimum Gasteiger partial charge on any atom is -0.481 e. The van der Waals surface area contributed by atoms with E-state index in [4.69, 9.17) is 24.1 Å². The van der Waals surface area contributed by atoms with Crippen LogP contribution in [0.1, 0.15) is 120 Å². The molecule has 13 nitrogen and oxygen atoms in total. The van der Waals surface area contributed by atoms with Crippen LogP contribution < -0.4 is 0 Å². The monoisotopic (exact) mass is 642 g/mol. The Balaban J connectivity index is 0. The second kappa shape index (κ2) is 23.4. The standard InChI is InChI=1S/C18H32O7.C12H14O4.C2H4O2/c1-4-7-10-17(15(21)22,11-8-5-2)18(16(23)24,13-14(19)20)25-12-9-6-3;1-3-15-11(13)9-7-5-6-8-10(9)12(14)16-4-2;1-2(3)4/h4-13H2,1-3H3,(H,19,20)(H,21,22)(H,23,24);5-8H,3-4H2,1-2H3;1H3,(H,3,4). The van der Waals surface area contributed by atoms with Crippen LogP contribution in [0.2, 0.25) is 0 Å². The molecule has 4 N–H and O–H groups in total. The number of ether oxygens (including phenoxy) is 3. The Morgan fingerprint density at radius 2 is 1.07 bits per heavy atom. The smallest absolute Gasteiger partial charge is 0.338 e. The van der Waals surface area contributed by atoms with Crippen molar-refractivity contribution in [1.29, 1.82) is 0 Å². The molecule has 1 unspecified atom stereocenters. The number of carboxylic acid groups (broad SMARTS) is 4. The van der Waals surface area contributed by atoms with E-state index in [1.165, 1.54) is 0 Å². The zero-order valence-electron chi connectivity index (χ0n) is 27.3. The van der Waals surface area contributed by atoms with Gasteiger partial charge in [0.05, 0.1) is 30.8 Å². The van der Waals surface area contributed by atoms with E-state index in [9.17, 15) is 39.3 Å². The van der Waals surface area contributed by atoms with Gasteiger partial charge in [0.25, 0.3) is 5.97 Å². The summed E-state index contributed by atoms with van der Waals surface area (Å²) < 4.78 is 15.3. The predicted molar refractivity (Wildman–Crippen MR) is 164 cm³/mol. The van der Waals surface area contributed by atoms with Crippen LogP contribution >= 0.6 is 0 Å². The number of rotatable bonds is 19. The summed E-state index contributed by atoms with van der Waals surface area (Å²) >= 11 is 0. The quantitative estimate of drug-likeness (QED) is 0.106. The van der Waals surface area contributed by atoms with Crippen LogP contribution in [0.5, 0.6) is 0 Å². The summed E-state index contributed by atoms with van der Waals surface area (Å²) in [5, 5.41) is 36.6. The molecule has 256 valence electrons. The largest absolute Gasteiger partial charge is 0.481 e. The molecule has 0 radical (unpaired) electrons. The topological polar surface area (TPSA) is 211 Å². The van der Waals surface area contributed by atoms with Gasteiger partial charge in [0.2, 0.25) is 0 Å².